The molecule has 0 saturated carbocycles. The maximum absolute atomic E-state index is 14.1. The number of hydrogen-bond acceptors (Lipinski definition) is 38. The number of hydrogen-bond donors (Lipinski definition) is 24. The van der Waals surface area contributed by atoms with Gasteiger partial charge in [0.05, 0.1) is 76.1 Å². The van der Waals surface area contributed by atoms with Crippen LogP contribution in [0.3, 0.4) is 0 Å². The molecule has 0 radical (unpaired) electrons. The number of carboxylic acids is 2. The van der Waals surface area contributed by atoms with Crippen LogP contribution in [0, 0.1) is 0 Å². The summed E-state index contributed by atoms with van der Waals surface area (Å²) in [5, 5.41) is 239. The summed E-state index contributed by atoms with van der Waals surface area (Å²) in [7, 11) is 0. The summed E-state index contributed by atoms with van der Waals surface area (Å²) >= 11 is 0. The number of esters is 1. The van der Waals surface area contributed by atoms with Crippen molar-refractivity contribution in [2.45, 2.75) is 442 Å². The lowest BCUT2D eigenvalue weighted by atomic mass is 9.88. The van der Waals surface area contributed by atoms with E-state index in [-0.39, 0.29) is 6.42 Å². The molecule has 12 unspecified atom stereocenters. The molecule has 24 N–H and O–H groups in total. The maximum Gasteiger partial charge on any atom is 0.364 e. The predicted molar refractivity (Wildman–Crippen MR) is 449 cm³/mol. The zero-order valence-electron chi connectivity index (χ0n) is 75.4. The van der Waals surface area contributed by atoms with Crippen molar-refractivity contribution in [3.8, 4) is 0 Å². The molecule has 0 spiro atoms. The molecule has 6 heterocycles. The van der Waals surface area contributed by atoms with Gasteiger partial charge >= 0.3 is 17.9 Å². The summed E-state index contributed by atoms with van der Waals surface area (Å²) in [5.74, 6) is -15.6. The summed E-state index contributed by atoms with van der Waals surface area (Å²) in [4.78, 5) is 91.6. The lowest BCUT2D eigenvalue weighted by molar-refractivity contribution is -0.405. The minimum atomic E-state index is -3.51. The third-order valence-corrected chi connectivity index (χ3v) is 24.3. The summed E-state index contributed by atoms with van der Waals surface area (Å²) in [6.45, 7) is 0.274. The molecule has 44 heteroatoms. The number of allylic oxidation sites excluding steroid dienone is 1. The third-order valence-electron chi connectivity index (χ3n) is 24.3. The fourth-order valence-corrected chi connectivity index (χ4v) is 17.1. The summed E-state index contributed by atoms with van der Waals surface area (Å²) in [6.07, 6.45) is -32.7. The van der Waals surface area contributed by atoms with Crippen LogP contribution >= 0.6 is 0 Å². The Morgan fingerprint density at radius 3 is 1.25 bits per heavy atom. The summed E-state index contributed by atoms with van der Waals surface area (Å²) in [5.41, 5.74) is 0. The Bertz CT molecular complexity index is 3330. The average Bonchev–Trinajstić information content (AvgIpc) is 0.751. The Morgan fingerprint density at radius 2 is 0.800 bits per heavy atom. The van der Waals surface area contributed by atoms with Crippen LogP contribution in [0.25, 0.3) is 0 Å². The number of ether oxygens (including phenoxy) is 13. The number of aliphatic carboxylic acids is 2. The zero-order valence-corrected chi connectivity index (χ0v) is 75.4. The molecular weight excluding hydrogens is 1730 g/mol. The Morgan fingerprint density at radius 1 is 0.415 bits per heavy atom. The molecule has 6 fully saturated rings. The van der Waals surface area contributed by atoms with E-state index in [9.17, 15) is 136 Å². The molecule has 44 nitrogen and oxygen atoms in total. The van der Waals surface area contributed by atoms with Crippen molar-refractivity contribution in [1.82, 2.24) is 21.3 Å². The Labute approximate surface area is 757 Å². The fraction of sp³-hybridized carbons (Fsp3) is 0.895. The average molecular weight is 1880 g/mol. The van der Waals surface area contributed by atoms with E-state index in [4.69, 9.17) is 61.6 Å². The second-order valence-electron chi connectivity index (χ2n) is 34.9. The summed E-state index contributed by atoms with van der Waals surface area (Å²) in [6, 6.07) is -7.00. The maximum atomic E-state index is 14.1. The van der Waals surface area contributed by atoms with Gasteiger partial charge in [0, 0.05) is 47.0 Å². The van der Waals surface area contributed by atoms with Gasteiger partial charge in [0.25, 0.3) is 11.6 Å². The molecule has 0 bridgehead atoms. The Hall–Kier alpha value is -5.17. The van der Waals surface area contributed by atoms with Crippen molar-refractivity contribution in [3.05, 3.63) is 12.2 Å². The van der Waals surface area contributed by atoms with Crippen molar-refractivity contribution in [2.24, 2.45) is 0 Å². The van der Waals surface area contributed by atoms with Gasteiger partial charge in [0.15, 0.2) is 25.2 Å². The molecule has 130 heavy (non-hydrogen) atoms. The number of unbranched alkanes of at least 4 members (excludes halogenated alkanes) is 25. The van der Waals surface area contributed by atoms with Crippen molar-refractivity contribution in [3.63, 3.8) is 0 Å². The largest absolute Gasteiger partial charge is 0.477 e. The number of carboxylic acid groups (broad SMARTS) is 2. The molecule has 6 aliphatic heterocycles. The topological polar surface area (TPSA) is 692 Å². The van der Waals surface area contributed by atoms with E-state index >= 15 is 0 Å². The second kappa shape index (κ2) is 57.8. The highest BCUT2D eigenvalue weighted by Gasteiger charge is 2.64. The first-order chi connectivity index (χ1) is 61.9. The molecule has 0 aromatic heterocycles. The van der Waals surface area contributed by atoms with E-state index in [1.165, 1.54) is 102 Å². The van der Waals surface area contributed by atoms with Gasteiger partial charge in [-0.1, -0.05) is 180 Å². The molecular formula is C86H150N4O40. The molecule has 0 aromatic carbocycles. The van der Waals surface area contributed by atoms with Crippen LogP contribution in [0.5, 0.6) is 0 Å². The zero-order chi connectivity index (χ0) is 96.1. The second-order valence-corrected chi connectivity index (χ2v) is 34.9. The van der Waals surface area contributed by atoms with Crippen LogP contribution in [0.15, 0.2) is 12.2 Å². The highest BCUT2D eigenvalue weighted by atomic mass is 16.8. The van der Waals surface area contributed by atoms with Gasteiger partial charge in [0.2, 0.25) is 23.6 Å². The number of nitrogens with one attached hydrogen (secondary N) is 4. The third kappa shape index (κ3) is 33.6. The lowest BCUT2D eigenvalue weighted by Gasteiger charge is -2.53. The van der Waals surface area contributed by atoms with Gasteiger partial charge in [-0.15, -0.1) is 0 Å². The molecule has 0 aliphatic carbocycles. The van der Waals surface area contributed by atoms with Crippen LogP contribution in [0.4, 0.5) is 0 Å². The van der Waals surface area contributed by atoms with Crippen molar-refractivity contribution >= 4 is 41.5 Å². The lowest BCUT2D eigenvalue weighted by Crippen LogP contribution is -2.72. The molecule has 6 aliphatic rings. The predicted octanol–water partition coefficient (Wildman–Crippen LogP) is -3.30. The first kappa shape index (κ1) is 114. The molecule has 754 valence electrons. The normalized spacial score (nSPS) is 34.5. The number of aliphatic hydroxyl groups is 18. The van der Waals surface area contributed by atoms with E-state index < -0.39 is 308 Å². The number of aliphatic hydroxyl groups excluding tert-OH is 18. The van der Waals surface area contributed by atoms with Crippen LogP contribution in [0.1, 0.15) is 234 Å². The van der Waals surface area contributed by atoms with Crippen LogP contribution in [-0.2, 0) is 95.1 Å². The van der Waals surface area contributed by atoms with Gasteiger partial charge in [-0.25, -0.2) is 9.59 Å². The van der Waals surface area contributed by atoms with E-state index in [0.717, 1.165) is 91.9 Å². The minimum Gasteiger partial charge on any atom is -0.477 e. The molecule has 6 rings (SSSR count). The van der Waals surface area contributed by atoms with Gasteiger partial charge < -0.3 is 185 Å². The number of carbonyl (C=O) groups excluding carboxylic acids is 5. The highest BCUT2D eigenvalue weighted by molar-refractivity contribution is 5.78. The molecule has 4 amide bonds. The van der Waals surface area contributed by atoms with E-state index in [1.54, 1.807) is 6.08 Å². The molecule has 0 aromatic rings. The fourth-order valence-electron chi connectivity index (χ4n) is 17.1. The van der Waals surface area contributed by atoms with Crippen LogP contribution in [-0.4, -0.2) is 397 Å². The van der Waals surface area contributed by atoms with E-state index in [2.05, 4.69) is 35.1 Å². The van der Waals surface area contributed by atoms with Crippen LogP contribution < -0.4 is 21.3 Å². The quantitative estimate of drug-likeness (QED) is 0.0161. The number of carbonyl (C=O) groups is 7. The summed E-state index contributed by atoms with van der Waals surface area (Å²) < 4.78 is 77.4. The van der Waals surface area contributed by atoms with E-state index in [1.807, 2.05) is 0 Å². The number of amides is 4. The smallest absolute Gasteiger partial charge is 0.364 e. The van der Waals surface area contributed by atoms with Gasteiger partial charge in [0.1, 0.15) is 141 Å². The number of rotatable bonds is 60. The van der Waals surface area contributed by atoms with Crippen LogP contribution in [0.2, 0.25) is 0 Å². The first-order valence-corrected chi connectivity index (χ1v) is 46.1. The first-order valence-electron chi connectivity index (χ1n) is 46.1. The minimum absolute atomic E-state index is 0.0921. The van der Waals surface area contributed by atoms with Gasteiger partial charge in [-0.2, -0.15) is 0 Å². The Kier molecular flexibility index (Phi) is 50.5. The van der Waals surface area contributed by atoms with Crippen molar-refractivity contribution in [2.75, 3.05) is 46.2 Å². The van der Waals surface area contributed by atoms with Gasteiger partial charge in [-0.05, 0) is 19.3 Å². The van der Waals surface area contributed by atoms with E-state index in [0.29, 0.717) is 12.8 Å². The monoisotopic (exact) mass is 1880 g/mol. The SMILES string of the molecule is CCCCCCCCCCCCC/C=C/[C@@H](O)[C@H](CO[C@@H]1OC(CO)[C@@H](O[C@@H]2OC(CO)[C@H](O[C@@H]3OC(CO)[C@H](O)[C@H](O[C@@H]4OC(CO)[C@H](O)[C@H](O[C@]5(C(=O)O)CC(O)[C@@H](NC(C)=O)C([C@H](O)[C@H](O)COC(C)=O)O5)C4O)C3NC(C)=O)[C@H](O[C@]3(C(=O)O)CC(O)[C@@H](NC(C)=O)C([C@H](O)[C@H](O)CO)O3)C2O)[C@H](O)C1O)NC(=O)CCCCCCCCCCCCCCCCC. The van der Waals surface area contributed by atoms with Crippen molar-refractivity contribution in [1.29, 1.82) is 0 Å². The molecule has 34 atom stereocenters. The Balaban J connectivity index is 1.31. The van der Waals surface area contributed by atoms with Crippen molar-refractivity contribution < 1.29 is 197 Å². The van der Waals surface area contributed by atoms with Gasteiger partial charge in [-0.3, -0.25) is 24.0 Å². The highest BCUT2D eigenvalue weighted by Crippen LogP contribution is 2.43. The standard InChI is InChI=1S/C86H150N4O40/c1-7-9-11-13-15-17-19-21-22-24-26-28-30-32-34-36-60(105)90-50(51(100)35-33-31-29-27-25-23-20-18-16-14-12-10-8-2)44-119-80-69(111)68(110)72(58(42-94)122-80)124-82-71(113)78(130-86(84(116)117)38-53(102)61(87-46(3)96)75(127-86)64(106)54(103)39-91)73(59(43-95)123-82)125-79-63(89-48(5)98)74(66(108)56(40-92)120-79)126-81-70(112)77(67(109)57(41-93)121-81)129-85(83(114)115)37-52(101)62(88-47(4)97)76(128-85)65(107)55(104)45-118-49(6)99/h33,35,50-59,61-82,91-95,100-104,106-113H,7-32,34,36-45H2,1-6H3,(H,87,96)(H,88,97)(H,89,98)(H,90,105)(H,114,115)(H,116,117)/b35-33+/t50-,51+,52?,53?,54+,55+,56?,57?,58?,59?,61+,62+,63?,64+,65+,66-,67-,68+,69?,70?,71?,72+,73-,74+,75?,76?,77-,78+,79-,80+,81-,82-,85-,86-/m0/s1. The molecule has 6 saturated heterocycles.